The number of aromatic nitrogens is 2. The number of halogens is 1. The standard InChI is InChI=1S/C16H14BrN3O2S/c1-20-11-15(16(18-20)12-6-3-2-4-7-12)23(21,22)19-14-9-5-8-13(17)10-14/h2-11,19H,1H3. The van der Waals surface area contributed by atoms with Crippen molar-refractivity contribution in [3.8, 4) is 11.3 Å². The molecule has 0 saturated heterocycles. The lowest BCUT2D eigenvalue weighted by molar-refractivity contribution is 0.601. The Hall–Kier alpha value is -2.12. The van der Waals surface area contributed by atoms with Crippen LogP contribution in [-0.2, 0) is 17.1 Å². The molecule has 1 N–H and O–H groups in total. The highest BCUT2D eigenvalue weighted by Crippen LogP contribution is 2.27. The minimum atomic E-state index is -3.74. The zero-order valence-corrected chi connectivity index (χ0v) is 14.7. The van der Waals surface area contributed by atoms with Crippen LogP contribution in [0, 0.1) is 0 Å². The fourth-order valence-electron chi connectivity index (χ4n) is 2.22. The van der Waals surface area contributed by atoms with E-state index in [0.717, 1.165) is 10.0 Å². The highest BCUT2D eigenvalue weighted by molar-refractivity contribution is 9.10. The molecule has 0 spiro atoms. The Labute approximate surface area is 143 Å². The zero-order chi connectivity index (χ0) is 16.4. The van der Waals surface area contributed by atoms with Gasteiger partial charge in [0.2, 0.25) is 0 Å². The minimum absolute atomic E-state index is 0.145. The molecule has 5 nitrogen and oxygen atoms in total. The lowest BCUT2D eigenvalue weighted by atomic mass is 10.2. The molecule has 0 fully saturated rings. The monoisotopic (exact) mass is 391 g/mol. The van der Waals surface area contributed by atoms with Gasteiger partial charge in [-0.15, -0.1) is 0 Å². The molecule has 3 rings (SSSR count). The second-order valence-electron chi connectivity index (χ2n) is 5.00. The first kappa shape index (κ1) is 15.8. The van der Waals surface area contributed by atoms with E-state index in [1.54, 1.807) is 25.2 Å². The van der Waals surface area contributed by atoms with E-state index >= 15 is 0 Å². The molecule has 0 amide bonds. The second-order valence-corrected chi connectivity index (χ2v) is 7.56. The van der Waals surface area contributed by atoms with E-state index in [-0.39, 0.29) is 4.90 Å². The highest BCUT2D eigenvalue weighted by Gasteiger charge is 2.23. The molecule has 1 heterocycles. The molecule has 3 aromatic rings. The molecule has 0 aliphatic rings. The van der Waals surface area contributed by atoms with Crippen LogP contribution in [0.15, 0.2) is 70.2 Å². The van der Waals surface area contributed by atoms with Crippen LogP contribution in [0.1, 0.15) is 0 Å². The third-order valence-electron chi connectivity index (χ3n) is 3.21. The summed E-state index contributed by atoms with van der Waals surface area (Å²) in [5, 5.41) is 4.29. The quantitative estimate of drug-likeness (QED) is 0.737. The molecule has 118 valence electrons. The largest absolute Gasteiger partial charge is 0.279 e. The summed E-state index contributed by atoms with van der Waals surface area (Å²) in [7, 11) is -2.04. The molecule has 0 radical (unpaired) electrons. The number of aryl methyl sites for hydroxylation is 1. The fourth-order valence-corrected chi connectivity index (χ4v) is 3.87. The van der Waals surface area contributed by atoms with Crippen LogP contribution in [0.5, 0.6) is 0 Å². The van der Waals surface area contributed by atoms with Gasteiger partial charge in [0, 0.05) is 29.0 Å². The first-order chi connectivity index (χ1) is 11.0. The predicted molar refractivity (Wildman–Crippen MR) is 93.6 cm³/mol. The third kappa shape index (κ3) is 3.46. The Kier molecular flexibility index (Phi) is 4.23. The Morgan fingerprint density at radius 2 is 1.83 bits per heavy atom. The maximum Gasteiger partial charge on any atom is 0.265 e. The van der Waals surface area contributed by atoms with Crippen LogP contribution in [0.3, 0.4) is 0 Å². The molecular weight excluding hydrogens is 378 g/mol. The molecule has 0 saturated carbocycles. The minimum Gasteiger partial charge on any atom is -0.279 e. The lowest BCUT2D eigenvalue weighted by Crippen LogP contribution is -2.13. The van der Waals surface area contributed by atoms with Gasteiger partial charge in [0.1, 0.15) is 10.6 Å². The maximum atomic E-state index is 12.7. The number of benzene rings is 2. The molecule has 0 aliphatic heterocycles. The Balaban J connectivity index is 2.04. The van der Waals surface area contributed by atoms with Crippen molar-refractivity contribution in [1.29, 1.82) is 0 Å². The summed E-state index contributed by atoms with van der Waals surface area (Å²) in [6, 6.07) is 16.2. The number of hydrogen-bond acceptors (Lipinski definition) is 3. The van der Waals surface area contributed by atoms with Gasteiger partial charge in [-0.1, -0.05) is 52.3 Å². The molecular formula is C16H14BrN3O2S. The van der Waals surface area contributed by atoms with Crippen molar-refractivity contribution >= 4 is 31.6 Å². The van der Waals surface area contributed by atoms with E-state index in [1.807, 2.05) is 36.4 Å². The molecule has 0 aliphatic carbocycles. The van der Waals surface area contributed by atoms with Crippen molar-refractivity contribution in [3.05, 3.63) is 65.3 Å². The third-order valence-corrected chi connectivity index (χ3v) is 5.08. The van der Waals surface area contributed by atoms with Crippen LogP contribution < -0.4 is 4.72 Å². The Bertz CT molecular complexity index is 937. The summed E-state index contributed by atoms with van der Waals surface area (Å²) >= 11 is 3.33. The van der Waals surface area contributed by atoms with Gasteiger partial charge in [-0.3, -0.25) is 9.40 Å². The van der Waals surface area contributed by atoms with Crippen molar-refractivity contribution < 1.29 is 8.42 Å². The molecule has 0 unspecified atom stereocenters. The molecule has 23 heavy (non-hydrogen) atoms. The highest BCUT2D eigenvalue weighted by atomic mass is 79.9. The first-order valence-corrected chi connectivity index (χ1v) is 9.11. The molecule has 7 heteroatoms. The number of anilines is 1. The first-order valence-electron chi connectivity index (χ1n) is 6.83. The van der Waals surface area contributed by atoms with Gasteiger partial charge >= 0.3 is 0 Å². The average Bonchev–Trinajstić information content (AvgIpc) is 2.91. The number of rotatable bonds is 4. The summed E-state index contributed by atoms with van der Waals surface area (Å²) < 4.78 is 30.4. The van der Waals surface area contributed by atoms with Gasteiger partial charge in [0.05, 0.1) is 0 Å². The Morgan fingerprint density at radius 3 is 2.52 bits per heavy atom. The van der Waals surface area contributed by atoms with Gasteiger partial charge in [-0.2, -0.15) is 5.10 Å². The van der Waals surface area contributed by atoms with E-state index in [1.165, 1.54) is 10.9 Å². The summed E-state index contributed by atoms with van der Waals surface area (Å²) in [5.74, 6) is 0. The van der Waals surface area contributed by atoms with E-state index in [2.05, 4.69) is 25.8 Å². The zero-order valence-electron chi connectivity index (χ0n) is 12.3. The summed E-state index contributed by atoms with van der Waals surface area (Å²) in [5.41, 5.74) is 1.67. The van der Waals surface area contributed by atoms with E-state index in [9.17, 15) is 8.42 Å². The average molecular weight is 392 g/mol. The fraction of sp³-hybridized carbons (Fsp3) is 0.0625. The Morgan fingerprint density at radius 1 is 1.09 bits per heavy atom. The molecule has 0 bridgehead atoms. The number of nitrogens with zero attached hydrogens (tertiary/aromatic N) is 2. The van der Waals surface area contributed by atoms with Crippen LogP contribution in [0.4, 0.5) is 5.69 Å². The van der Waals surface area contributed by atoms with Crippen LogP contribution in [0.25, 0.3) is 11.3 Å². The van der Waals surface area contributed by atoms with Crippen molar-refractivity contribution in [1.82, 2.24) is 9.78 Å². The maximum absolute atomic E-state index is 12.7. The molecule has 1 aromatic heterocycles. The van der Waals surface area contributed by atoms with Gasteiger partial charge in [0.25, 0.3) is 10.0 Å². The van der Waals surface area contributed by atoms with Crippen molar-refractivity contribution in [2.45, 2.75) is 4.90 Å². The number of sulfonamides is 1. The second kappa shape index (κ2) is 6.17. The van der Waals surface area contributed by atoms with Crippen molar-refractivity contribution in [2.24, 2.45) is 7.05 Å². The van der Waals surface area contributed by atoms with Gasteiger partial charge in [-0.05, 0) is 18.2 Å². The lowest BCUT2D eigenvalue weighted by Gasteiger charge is -2.08. The summed E-state index contributed by atoms with van der Waals surface area (Å²) in [4.78, 5) is 0.145. The van der Waals surface area contributed by atoms with Crippen LogP contribution in [-0.4, -0.2) is 18.2 Å². The number of nitrogens with one attached hydrogen (secondary N) is 1. The van der Waals surface area contributed by atoms with E-state index < -0.39 is 10.0 Å². The number of hydrogen-bond donors (Lipinski definition) is 1. The normalized spacial score (nSPS) is 11.4. The van der Waals surface area contributed by atoms with Crippen molar-refractivity contribution in [3.63, 3.8) is 0 Å². The van der Waals surface area contributed by atoms with E-state index in [4.69, 9.17) is 0 Å². The van der Waals surface area contributed by atoms with Gasteiger partial charge in [-0.25, -0.2) is 8.42 Å². The van der Waals surface area contributed by atoms with Gasteiger partial charge in [0.15, 0.2) is 0 Å². The summed E-state index contributed by atoms with van der Waals surface area (Å²) in [6.45, 7) is 0. The van der Waals surface area contributed by atoms with Crippen molar-refractivity contribution in [2.75, 3.05) is 4.72 Å². The van der Waals surface area contributed by atoms with E-state index in [0.29, 0.717) is 11.4 Å². The topological polar surface area (TPSA) is 64.0 Å². The summed E-state index contributed by atoms with van der Waals surface area (Å²) in [6.07, 6.45) is 1.50. The molecule has 2 aromatic carbocycles. The SMILES string of the molecule is Cn1cc(S(=O)(=O)Nc2cccc(Br)c2)c(-c2ccccc2)n1. The van der Waals surface area contributed by atoms with Crippen LogP contribution in [0.2, 0.25) is 0 Å². The molecule has 0 atom stereocenters. The van der Waals surface area contributed by atoms with Gasteiger partial charge < -0.3 is 0 Å². The van der Waals surface area contributed by atoms with Crippen LogP contribution >= 0.6 is 15.9 Å². The smallest absolute Gasteiger partial charge is 0.265 e. The predicted octanol–water partition coefficient (Wildman–Crippen LogP) is 3.65.